The zero-order valence-corrected chi connectivity index (χ0v) is 6.86. The van der Waals surface area contributed by atoms with Crippen molar-refractivity contribution in [3.05, 3.63) is 17.7 Å². The Morgan fingerprint density at radius 1 is 1.46 bits per heavy atom. The molecule has 0 unspecified atom stereocenters. The second kappa shape index (κ2) is 3.78. The van der Waals surface area contributed by atoms with Gasteiger partial charge < -0.3 is 10.7 Å². The summed E-state index contributed by atoms with van der Waals surface area (Å²) in [5, 5.41) is 0. The summed E-state index contributed by atoms with van der Waals surface area (Å²) < 4.78 is 35.3. The van der Waals surface area contributed by atoms with Gasteiger partial charge in [0.05, 0.1) is 6.42 Å². The number of aromatic nitrogens is 2. The summed E-state index contributed by atoms with van der Waals surface area (Å²) in [4.78, 5) is 6.45. The van der Waals surface area contributed by atoms with Crippen LogP contribution in [0.15, 0.2) is 6.20 Å². The Labute approximate surface area is 73.2 Å². The SMILES string of the molecule is NCc1cnc(CCC(F)(F)F)[nH]1. The minimum absolute atomic E-state index is 0.122. The van der Waals surface area contributed by atoms with Crippen molar-refractivity contribution < 1.29 is 13.2 Å². The zero-order chi connectivity index (χ0) is 9.90. The van der Waals surface area contributed by atoms with E-state index in [1.165, 1.54) is 6.20 Å². The maximum atomic E-state index is 11.8. The molecule has 0 bridgehead atoms. The molecule has 0 atom stereocenters. The highest BCUT2D eigenvalue weighted by molar-refractivity contribution is 5.00. The lowest BCUT2D eigenvalue weighted by Crippen LogP contribution is -2.09. The van der Waals surface area contributed by atoms with Crippen LogP contribution < -0.4 is 5.73 Å². The van der Waals surface area contributed by atoms with Gasteiger partial charge in [-0.2, -0.15) is 13.2 Å². The van der Waals surface area contributed by atoms with E-state index in [0.29, 0.717) is 11.5 Å². The molecular weight excluding hydrogens is 183 g/mol. The second-order valence-corrected chi connectivity index (χ2v) is 2.67. The average Bonchev–Trinajstić information content (AvgIpc) is 2.47. The Bertz CT molecular complexity index is 266. The molecule has 0 saturated carbocycles. The van der Waals surface area contributed by atoms with E-state index in [0.717, 1.165) is 0 Å². The molecule has 1 heterocycles. The number of nitrogens with two attached hydrogens (primary N) is 1. The Kier molecular flexibility index (Phi) is 2.92. The Balaban J connectivity index is 2.46. The summed E-state index contributed by atoms with van der Waals surface area (Å²) in [7, 11) is 0. The van der Waals surface area contributed by atoms with Crippen molar-refractivity contribution in [3.8, 4) is 0 Å². The van der Waals surface area contributed by atoms with E-state index in [9.17, 15) is 13.2 Å². The first-order valence-electron chi connectivity index (χ1n) is 3.81. The predicted octanol–water partition coefficient (Wildman–Crippen LogP) is 1.36. The van der Waals surface area contributed by atoms with Gasteiger partial charge in [-0.25, -0.2) is 4.98 Å². The van der Waals surface area contributed by atoms with Gasteiger partial charge in [0.15, 0.2) is 0 Å². The number of alkyl halides is 3. The normalized spacial score (nSPS) is 12.0. The standard InChI is InChI=1S/C7H10F3N3/c8-7(9,10)2-1-6-12-4-5(3-11)13-6/h4H,1-3,11H2,(H,12,13). The van der Waals surface area contributed by atoms with E-state index in [1.807, 2.05) is 0 Å². The monoisotopic (exact) mass is 193 g/mol. The summed E-state index contributed by atoms with van der Waals surface area (Å²) in [5.74, 6) is 0.331. The van der Waals surface area contributed by atoms with Gasteiger partial charge in [-0.05, 0) is 0 Å². The van der Waals surface area contributed by atoms with Crippen LogP contribution in [0.3, 0.4) is 0 Å². The van der Waals surface area contributed by atoms with E-state index in [4.69, 9.17) is 5.73 Å². The van der Waals surface area contributed by atoms with Gasteiger partial charge in [0, 0.05) is 24.9 Å². The Morgan fingerprint density at radius 2 is 2.15 bits per heavy atom. The first-order valence-corrected chi connectivity index (χ1v) is 3.81. The van der Waals surface area contributed by atoms with Gasteiger partial charge in [-0.15, -0.1) is 0 Å². The van der Waals surface area contributed by atoms with E-state index < -0.39 is 12.6 Å². The molecule has 1 rings (SSSR count). The third-order valence-corrected chi connectivity index (χ3v) is 1.55. The largest absolute Gasteiger partial charge is 0.389 e. The number of nitrogens with zero attached hydrogens (tertiary/aromatic N) is 1. The van der Waals surface area contributed by atoms with Crippen LogP contribution in [0, 0.1) is 0 Å². The smallest absolute Gasteiger partial charge is 0.345 e. The molecule has 0 aliphatic carbocycles. The van der Waals surface area contributed by atoms with E-state index in [2.05, 4.69) is 9.97 Å². The number of rotatable bonds is 3. The summed E-state index contributed by atoms with van der Waals surface area (Å²) in [5.41, 5.74) is 5.90. The molecule has 0 saturated heterocycles. The molecule has 3 nitrogen and oxygen atoms in total. The maximum Gasteiger partial charge on any atom is 0.389 e. The summed E-state index contributed by atoms with van der Waals surface area (Å²) >= 11 is 0. The summed E-state index contributed by atoms with van der Waals surface area (Å²) in [6.07, 6.45) is -3.66. The van der Waals surface area contributed by atoms with Crippen molar-refractivity contribution in [2.75, 3.05) is 0 Å². The van der Waals surface area contributed by atoms with Crippen LogP contribution >= 0.6 is 0 Å². The first kappa shape index (κ1) is 10.0. The molecule has 0 amide bonds. The third-order valence-electron chi connectivity index (χ3n) is 1.55. The molecule has 74 valence electrons. The summed E-state index contributed by atoms with van der Waals surface area (Å²) in [6, 6.07) is 0. The van der Waals surface area contributed by atoms with Crippen LogP contribution in [0.2, 0.25) is 0 Å². The molecule has 1 aromatic heterocycles. The van der Waals surface area contributed by atoms with Gasteiger partial charge in [-0.1, -0.05) is 0 Å². The molecule has 0 aromatic carbocycles. The molecule has 0 fully saturated rings. The first-order chi connectivity index (χ1) is 6.01. The average molecular weight is 193 g/mol. The Hall–Kier alpha value is -1.04. The molecule has 0 aliphatic heterocycles. The molecule has 3 N–H and O–H groups in total. The highest BCUT2D eigenvalue weighted by Gasteiger charge is 2.26. The molecule has 0 spiro atoms. The number of aryl methyl sites for hydroxylation is 1. The van der Waals surface area contributed by atoms with Gasteiger partial charge in [0.1, 0.15) is 5.82 Å². The molecular formula is C7H10F3N3. The van der Waals surface area contributed by atoms with Crippen molar-refractivity contribution in [1.82, 2.24) is 9.97 Å². The highest BCUT2D eigenvalue weighted by Crippen LogP contribution is 2.21. The van der Waals surface area contributed by atoms with Crippen LogP contribution in [0.5, 0.6) is 0 Å². The van der Waals surface area contributed by atoms with Crippen molar-refractivity contribution in [3.63, 3.8) is 0 Å². The topological polar surface area (TPSA) is 54.7 Å². The van der Waals surface area contributed by atoms with E-state index >= 15 is 0 Å². The minimum atomic E-state index is -4.13. The van der Waals surface area contributed by atoms with Crippen LogP contribution in [0.25, 0.3) is 0 Å². The quantitative estimate of drug-likeness (QED) is 0.761. The van der Waals surface area contributed by atoms with Crippen LogP contribution in [0.4, 0.5) is 13.2 Å². The van der Waals surface area contributed by atoms with Gasteiger partial charge in [0.25, 0.3) is 0 Å². The van der Waals surface area contributed by atoms with Crippen LogP contribution in [0.1, 0.15) is 17.9 Å². The number of hydrogen-bond acceptors (Lipinski definition) is 2. The van der Waals surface area contributed by atoms with E-state index in [-0.39, 0.29) is 13.0 Å². The zero-order valence-electron chi connectivity index (χ0n) is 6.86. The number of H-pyrrole nitrogens is 1. The molecule has 0 aliphatic rings. The molecule has 0 radical (unpaired) electrons. The number of halogens is 3. The lowest BCUT2D eigenvalue weighted by atomic mass is 10.3. The number of aromatic amines is 1. The number of nitrogens with one attached hydrogen (secondary N) is 1. The fourth-order valence-corrected chi connectivity index (χ4v) is 0.897. The van der Waals surface area contributed by atoms with Gasteiger partial charge >= 0.3 is 6.18 Å². The van der Waals surface area contributed by atoms with Crippen LogP contribution in [-0.2, 0) is 13.0 Å². The second-order valence-electron chi connectivity index (χ2n) is 2.67. The molecule has 6 heteroatoms. The van der Waals surface area contributed by atoms with Crippen molar-refractivity contribution in [1.29, 1.82) is 0 Å². The summed E-state index contributed by atoms with van der Waals surface area (Å²) in [6.45, 7) is 0.263. The highest BCUT2D eigenvalue weighted by atomic mass is 19.4. The number of imidazole rings is 1. The molecule has 13 heavy (non-hydrogen) atoms. The number of hydrogen-bond donors (Lipinski definition) is 2. The van der Waals surface area contributed by atoms with Crippen LogP contribution in [-0.4, -0.2) is 16.1 Å². The fraction of sp³-hybridized carbons (Fsp3) is 0.571. The minimum Gasteiger partial charge on any atom is -0.345 e. The van der Waals surface area contributed by atoms with Gasteiger partial charge in [-0.3, -0.25) is 0 Å². The fourth-order valence-electron chi connectivity index (χ4n) is 0.897. The van der Waals surface area contributed by atoms with Crippen molar-refractivity contribution in [2.24, 2.45) is 5.73 Å². The van der Waals surface area contributed by atoms with Crippen molar-refractivity contribution >= 4 is 0 Å². The maximum absolute atomic E-state index is 11.8. The predicted molar refractivity (Wildman–Crippen MR) is 40.9 cm³/mol. The van der Waals surface area contributed by atoms with Crippen molar-refractivity contribution in [2.45, 2.75) is 25.6 Å². The molecule has 1 aromatic rings. The lowest BCUT2D eigenvalue weighted by Gasteiger charge is -2.03. The van der Waals surface area contributed by atoms with E-state index in [1.54, 1.807) is 0 Å². The van der Waals surface area contributed by atoms with Gasteiger partial charge in [0.2, 0.25) is 0 Å². The Morgan fingerprint density at radius 3 is 2.62 bits per heavy atom. The lowest BCUT2D eigenvalue weighted by molar-refractivity contribution is -0.134. The third kappa shape index (κ3) is 3.45.